The summed E-state index contributed by atoms with van der Waals surface area (Å²) in [5.41, 5.74) is 1.07. The van der Waals surface area contributed by atoms with Gasteiger partial charge in [-0.3, -0.25) is 4.79 Å². The lowest BCUT2D eigenvalue weighted by Crippen LogP contribution is -2.45. The number of para-hydroxylation sites is 2. The topological polar surface area (TPSA) is 145 Å². The van der Waals surface area contributed by atoms with E-state index in [0.717, 1.165) is 0 Å². The number of carbonyl (C=O) groups is 1. The van der Waals surface area contributed by atoms with Gasteiger partial charge in [-0.25, -0.2) is 13.4 Å². The van der Waals surface area contributed by atoms with Gasteiger partial charge in [-0.05, 0) is 36.2 Å². The maximum absolute atomic E-state index is 12.7. The predicted octanol–water partition coefficient (Wildman–Crippen LogP) is 3.56. The van der Waals surface area contributed by atoms with Crippen LogP contribution in [0.1, 0.15) is 19.7 Å². The van der Waals surface area contributed by atoms with E-state index in [4.69, 9.17) is 16.3 Å². The fourth-order valence-electron chi connectivity index (χ4n) is 2.95. The number of hydrogen-bond acceptors (Lipinski definition) is 7. The fourth-order valence-corrected chi connectivity index (χ4v) is 4.59. The second-order valence-electron chi connectivity index (χ2n) is 7.44. The molecule has 0 aliphatic rings. The third-order valence-electron chi connectivity index (χ3n) is 4.69. The Balaban J connectivity index is 1.76. The van der Waals surface area contributed by atoms with Crippen LogP contribution in [0.3, 0.4) is 0 Å². The molecule has 0 bridgehead atoms. The molecular formula is C22H21ClN4O5S. The first-order valence-corrected chi connectivity index (χ1v) is 11.7. The maximum atomic E-state index is 12.7. The number of sulfonamides is 1. The van der Waals surface area contributed by atoms with Crippen LogP contribution in [-0.2, 0) is 19.6 Å². The van der Waals surface area contributed by atoms with Crippen LogP contribution < -0.4 is 4.72 Å². The van der Waals surface area contributed by atoms with E-state index in [1.165, 1.54) is 24.3 Å². The van der Waals surface area contributed by atoms with Crippen LogP contribution in [0.4, 0.5) is 0 Å². The van der Waals surface area contributed by atoms with Gasteiger partial charge in [0.05, 0.1) is 15.9 Å². The van der Waals surface area contributed by atoms with Crippen LogP contribution in [0, 0.1) is 17.2 Å². The SMILES string of the molecule is CC(C)[C@H](NS(=O)(=O)c1cccc(Cl)c1)C(=O)OCC(O)=C(C#N)c1nc2ccccc2[nH]1. The second-order valence-corrected chi connectivity index (χ2v) is 9.59. The molecule has 1 aromatic heterocycles. The smallest absolute Gasteiger partial charge is 0.324 e. The zero-order valence-corrected chi connectivity index (χ0v) is 19.3. The zero-order chi connectivity index (χ0) is 24.2. The van der Waals surface area contributed by atoms with E-state index in [-0.39, 0.29) is 21.3 Å². The summed E-state index contributed by atoms with van der Waals surface area (Å²) in [7, 11) is -4.07. The van der Waals surface area contributed by atoms with Gasteiger partial charge in [-0.2, -0.15) is 9.98 Å². The Morgan fingerprint density at radius 1 is 1.27 bits per heavy atom. The number of rotatable bonds is 8. The number of benzene rings is 2. The molecule has 2 aromatic carbocycles. The van der Waals surface area contributed by atoms with Gasteiger partial charge in [-0.15, -0.1) is 0 Å². The van der Waals surface area contributed by atoms with Gasteiger partial charge < -0.3 is 14.8 Å². The lowest BCUT2D eigenvalue weighted by molar-refractivity contribution is -0.146. The number of fused-ring (bicyclic) bond motifs is 1. The summed E-state index contributed by atoms with van der Waals surface area (Å²) < 4.78 is 32.8. The minimum absolute atomic E-state index is 0.104. The van der Waals surface area contributed by atoms with Gasteiger partial charge in [-0.1, -0.05) is 43.6 Å². The molecule has 9 nitrogen and oxygen atoms in total. The molecule has 3 rings (SSSR count). The van der Waals surface area contributed by atoms with Crippen molar-refractivity contribution in [1.82, 2.24) is 14.7 Å². The third-order valence-corrected chi connectivity index (χ3v) is 6.36. The number of esters is 1. The Kier molecular flexibility index (Phi) is 7.38. The first-order chi connectivity index (χ1) is 15.6. The van der Waals surface area contributed by atoms with Crippen molar-refractivity contribution >= 4 is 44.2 Å². The molecule has 0 saturated heterocycles. The summed E-state index contributed by atoms with van der Waals surface area (Å²) in [6.45, 7) is 2.63. The first kappa shape index (κ1) is 24.3. The Bertz CT molecular complexity index is 1330. The summed E-state index contributed by atoms with van der Waals surface area (Å²) in [6, 6.07) is 13.3. The number of nitrogens with one attached hydrogen (secondary N) is 2. The summed E-state index contributed by atoms with van der Waals surface area (Å²) >= 11 is 5.87. The van der Waals surface area contributed by atoms with Crippen LogP contribution in [-0.4, -0.2) is 42.1 Å². The van der Waals surface area contributed by atoms with Crippen molar-refractivity contribution in [1.29, 1.82) is 5.26 Å². The lowest BCUT2D eigenvalue weighted by atomic mass is 10.1. The number of carbonyl (C=O) groups excluding carboxylic acids is 1. The average Bonchev–Trinajstić information content (AvgIpc) is 3.20. The first-order valence-electron chi connectivity index (χ1n) is 9.84. The summed E-state index contributed by atoms with van der Waals surface area (Å²) in [6.07, 6.45) is 0. The Morgan fingerprint density at radius 3 is 2.64 bits per heavy atom. The molecule has 0 spiro atoms. The quantitative estimate of drug-likeness (QED) is 0.249. The van der Waals surface area contributed by atoms with E-state index >= 15 is 0 Å². The number of nitriles is 1. The molecule has 0 aliphatic heterocycles. The second kappa shape index (κ2) is 10.0. The Labute approximate surface area is 195 Å². The molecule has 1 heterocycles. The summed E-state index contributed by atoms with van der Waals surface area (Å²) in [5, 5.41) is 20.1. The van der Waals surface area contributed by atoms with Crippen molar-refractivity contribution in [2.24, 2.45) is 5.92 Å². The molecule has 0 amide bonds. The van der Waals surface area contributed by atoms with Crippen molar-refractivity contribution in [3.05, 3.63) is 65.1 Å². The van der Waals surface area contributed by atoms with Crippen LogP contribution in [0.15, 0.2) is 59.2 Å². The van der Waals surface area contributed by atoms with E-state index in [1.807, 2.05) is 6.07 Å². The number of aliphatic hydroxyl groups excluding tert-OH is 1. The van der Waals surface area contributed by atoms with Crippen LogP contribution in [0.5, 0.6) is 0 Å². The van der Waals surface area contributed by atoms with E-state index in [0.29, 0.717) is 11.0 Å². The number of halogens is 1. The van der Waals surface area contributed by atoms with E-state index in [1.54, 1.807) is 38.1 Å². The molecule has 3 N–H and O–H groups in total. The standard InChI is InChI=1S/C22H21ClN4O5S/c1-13(2)20(27-33(30,31)15-7-5-6-14(23)10-15)22(29)32-12-19(28)16(11-24)21-25-17-8-3-4-9-18(17)26-21/h3-10,13,20,27-28H,12H2,1-2H3,(H,25,26)/t20-/m0/s1. The highest BCUT2D eigenvalue weighted by Gasteiger charge is 2.30. The van der Waals surface area contributed by atoms with Gasteiger partial charge in [0.2, 0.25) is 10.0 Å². The third kappa shape index (κ3) is 5.70. The van der Waals surface area contributed by atoms with Gasteiger partial charge in [0, 0.05) is 5.02 Å². The summed E-state index contributed by atoms with van der Waals surface area (Å²) in [5.74, 6) is -1.79. The number of imidazole rings is 1. The van der Waals surface area contributed by atoms with Crippen molar-refractivity contribution < 1.29 is 23.1 Å². The lowest BCUT2D eigenvalue weighted by Gasteiger charge is -2.21. The predicted molar refractivity (Wildman–Crippen MR) is 123 cm³/mol. The van der Waals surface area contributed by atoms with Gasteiger partial charge >= 0.3 is 5.97 Å². The van der Waals surface area contributed by atoms with Crippen molar-refractivity contribution in [3.63, 3.8) is 0 Å². The monoisotopic (exact) mass is 488 g/mol. The fraction of sp³-hybridized carbons (Fsp3) is 0.227. The van der Waals surface area contributed by atoms with Crippen LogP contribution in [0.25, 0.3) is 16.6 Å². The largest absolute Gasteiger partial charge is 0.507 e. The number of allylic oxidation sites excluding steroid dienone is 1. The van der Waals surface area contributed by atoms with Gasteiger partial charge in [0.15, 0.2) is 11.6 Å². The Morgan fingerprint density at radius 2 is 2.00 bits per heavy atom. The molecular weight excluding hydrogens is 468 g/mol. The molecule has 0 unspecified atom stereocenters. The molecule has 0 fully saturated rings. The molecule has 0 aliphatic carbocycles. The van der Waals surface area contributed by atoms with Gasteiger partial charge in [0.25, 0.3) is 0 Å². The number of aliphatic hydroxyl groups is 1. The highest BCUT2D eigenvalue weighted by Crippen LogP contribution is 2.20. The van der Waals surface area contributed by atoms with E-state index in [9.17, 15) is 23.6 Å². The number of aromatic amines is 1. The van der Waals surface area contributed by atoms with Crippen LogP contribution >= 0.6 is 11.6 Å². The normalized spacial score (nSPS) is 13.4. The highest BCUT2D eigenvalue weighted by atomic mass is 35.5. The number of nitrogens with zero attached hydrogens (tertiary/aromatic N) is 2. The number of aromatic nitrogens is 2. The van der Waals surface area contributed by atoms with Crippen molar-refractivity contribution in [3.8, 4) is 6.07 Å². The highest BCUT2D eigenvalue weighted by molar-refractivity contribution is 7.89. The van der Waals surface area contributed by atoms with Crippen molar-refractivity contribution in [2.45, 2.75) is 24.8 Å². The molecule has 0 saturated carbocycles. The minimum atomic E-state index is -4.07. The van der Waals surface area contributed by atoms with Crippen molar-refractivity contribution in [2.75, 3.05) is 6.61 Å². The van der Waals surface area contributed by atoms with E-state index in [2.05, 4.69) is 14.7 Å². The number of ether oxygens (including phenoxy) is 1. The minimum Gasteiger partial charge on any atom is -0.507 e. The molecule has 33 heavy (non-hydrogen) atoms. The number of H-pyrrole nitrogens is 1. The Hall–Kier alpha value is -3.39. The van der Waals surface area contributed by atoms with Gasteiger partial charge in [0.1, 0.15) is 24.3 Å². The summed E-state index contributed by atoms with van der Waals surface area (Å²) in [4.78, 5) is 19.7. The van der Waals surface area contributed by atoms with E-state index < -0.39 is 40.3 Å². The average molecular weight is 489 g/mol. The maximum Gasteiger partial charge on any atom is 0.324 e. The number of hydrogen-bond donors (Lipinski definition) is 3. The molecule has 172 valence electrons. The molecule has 0 radical (unpaired) electrons. The molecule has 11 heteroatoms. The zero-order valence-electron chi connectivity index (χ0n) is 17.7. The molecule has 1 atom stereocenters. The molecule has 3 aromatic rings. The van der Waals surface area contributed by atoms with Crippen LogP contribution in [0.2, 0.25) is 5.02 Å².